The van der Waals surface area contributed by atoms with Gasteiger partial charge < -0.3 is 9.88 Å². The fourth-order valence-corrected chi connectivity index (χ4v) is 2.93. The molecule has 2 rings (SSSR count). The average molecular weight is 285 g/mol. The molecule has 3 nitrogen and oxygen atoms in total. The van der Waals surface area contributed by atoms with E-state index in [1.807, 2.05) is 6.20 Å². The zero-order valence-electron chi connectivity index (χ0n) is 13.9. The normalized spacial score (nSPS) is 12.6. The molecule has 114 valence electrons. The lowest BCUT2D eigenvalue weighted by molar-refractivity contribution is 0.440. The molecule has 0 aliphatic heterocycles. The van der Waals surface area contributed by atoms with Crippen LogP contribution in [0, 0.1) is 33.6 Å². The minimum atomic E-state index is 0.587. The van der Waals surface area contributed by atoms with Crippen molar-refractivity contribution in [3.05, 3.63) is 52.6 Å². The Bertz CT molecular complexity index is 575. The zero-order chi connectivity index (χ0) is 15.4. The van der Waals surface area contributed by atoms with Crippen molar-refractivity contribution >= 4 is 0 Å². The summed E-state index contributed by atoms with van der Waals surface area (Å²) < 4.78 is 2.22. The van der Waals surface area contributed by atoms with E-state index in [4.69, 9.17) is 0 Å². The second kappa shape index (κ2) is 6.90. The molecule has 21 heavy (non-hydrogen) atoms. The van der Waals surface area contributed by atoms with Crippen LogP contribution in [0.15, 0.2) is 24.5 Å². The van der Waals surface area contributed by atoms with Crippen LogP contribution in [0.2, 0.25) is 0 Å². The topological polar surface area (TPSA) is 29.9 Å². The molecule has 0 amide bonds. The van der Waals surface area contributed by atoms with Gasteiger partial charge in [-0.05, 0) is 56.8 Å². The van der Waals surface area contributed by atoms with Crippen LogP contribution >= 0.6 is 0 Å². The third kappa shape index (κ3) is 4.18. The van der Waals surface area contributed by atoms with Crippen molar-refractivity contribution in [2.45, 2.75) is 47.7 Å². The van der Waals surface area contributed by atoms with Crippen molar-refractivity contribution in [3.8, 4) is 0 Å². The van der Waals surface area contributed by atoms with E-state index in [0.717, 1.165) is 25.5 Å². The maximum Gasteiger partial charge on any atom is 0.105 e. The van der Waals surface area contributed by atoms with E-state index in [2.05, 4.69) is 67.8 Å². The number of benzene rings is 1. The number of hydrogen-bond donors (Lipinski definition) is 1. The Balaban J connectivity index is 1.86. The van der Waals surface area contributed by atoms with Crippen LogP contribution in [0.3, 0.4) is 0 Å². The van der Waals surface area contributed by atoms with E-state index in [0.29, 0.717) is 5.92 Å². The molecule has 0 saturated heterocycles. The predicted octanol–water partition coefficient (Wildman–Crippen LogP) is 3.54. The van der Waals surface area contributed by atoms with Gasteiger partial charge in [-0.2, -0.15) is 0 Å². The summed E-state index contributed by atoms with van der Waals surface area (Å²) in [5.41, 5.74) is 5.56. The Morgan fingerprint density at radius 2 is 1.81 bits per heavy atom. The zero-order valence-corrected chi connectivity index (χ0v) is 13.9. The standard InChI is InChI=1S/C18H27N3/c1-13-8-15(3)18(16(4)9-13)11-19-10-14(2)12-21-7-6-20-17(21)5/h6-9,14,19H,10-12H2,1-5H3. The molecule has 0 saturated carbocycles. The quantitative estimate of drug-likeness (QED) is 0.879. The first-order chi connectivity index (χ1) is 9.97. The Morgan fingerprint density at radius 3 is 2.38 bits per heavy atom. The van der Waals surface area contributed by atoms with Crippen LogP contribution in [0.5, 0.6) is 0 Å². The number of rotatable bonds is 6. The molecule has 2 aromatic rings. The van der Waals surface area contributed by atoms with Gasteiger partial charge in [-0.3, -0.25) is 0 Å². The van der Waals surface area contributed by atoms with Crippen LogP contribution in [-0.4, -0.2) is 16.1 Å². The smallest absolute Gasteiger partial charge is 0.105 e. The first-order valence-corrected chi connectivity index (χ1v) is 7.72. The van der Waals surface area contributed by atoms with E-state index in [1.165, 1.54) is 22.3 Å². The van der Waals surface area contributed by atoms with Crippen molar-refractivity contribution in [1.29, 1.82) is 0 Å². The highest BCUT2D eigenvalue weighted by Crippen LogP contribution is 2.16. The van der Waals surface area contributed by atoms with Gasteiger partial charge in [-0.25, -0.2) is 4.98 Å². The second-order valence-electron chi connectivity index (χ2n) is 6.24. The Morgan fingerprint density at radius 1 is 1.14 bits per heavy atom. The van der Waals surface area contributed by atoms with Crippen LogP contribution in [0.25, 0.3) is 0 Å². The molecule has 1 unspecified atom stereocenters. The first-order valence-electron chi connectivity index (χ1n) is 7.72. The maximum atomic E-state index is 4.27. The summed E-state index contributed by atoms with van der Waals surface area (Å²) in [6, 6.07) is 4.53. The fraction of sp³-hybridized carbons (Fsp3) is 0.500. The summed E-state index contributed by atoms with van der Waals surface area (Å²) in [5.74, 6) is 1.68. The number of aryl methyl sites for hydroxylation is 4. The van der Waals surface area contributed by atoms with Gasteiger partial charge in [0, 0.05) is 25.5 Å². The van der Waals surface area contributed by atoms with Crippen molar-refractivity contribution < 1.29 is 0 Å². The van der Waals surface area contributed by atoms with Crippen molar-refractivity contribution in [2.24, 2.45) is 5.92 Å². The molecule has 1 aromatic carbocycles. The maximum absolute atomic E-state index is 4.27. The lowest BCUT2D eigenvalue weighted by Gasteiger charge is -2.16. The average Bonchev–Trinajstić information content (AvgIpc) is 2.78. The molecular weight excluding hydrogens is 258 g/mol. The SMILES string of the molecule is Cc1cc(C)c(CNCC(C)Cn2ccnc2C)c(C)c1. The van der Waals surface area contributed by atoms with Gasteiger partial charge >= 0.3 is 0 Å². The fourth-order valence-electron chi connectivity index (χ4n) is 2.93. The summed E-state index contributed by atoms with van der Waals surface area (Å²) >= 11 is 0. The summed E-state index contributed by atoms with van der Waals surface area (Å²) in [6.07, 6.45) is 3.93. The molecule has 1 atom stereocenters. The molecular formula is C18H27N3. The molecule has 1 N–H and O–H groups in total. The van der Waals surface area contributed by atoms with E-state index >= 15 is 0 Å². The number of imidazole rings is 1. The van der Waals surface area contributed by atoms with Gasteiger partial charge in [0.05, 0.1) is 0 Å². The molecule has 0 aliphatic carbocycles. The highest BCUT2D eigenvalue weighted by molar-refractivity contribution is 5.37. The van der Waals surface area contributed by atoms with Gasteiger partial charge in [-0.15, -0.1) is 0 Å². The third-order valence-electron chi connectivity index (χ3n) is 4.07. The highest BCUT2D eigenvalue weighted by atomic mass is 15.1. The van der Waals surface area contributed by atoms with Crippen LogP contribution in [-0.2, 0) is 13.1 Å². The predicted molar refractivity (Wildman–Crippen MR) is 88.5 cm³/mol. The Labute approximate surface area is 128 Å². The van der Waals surface area contributed by atoms with Gasteiger partial charge in [0.2, 0.25) is 0 Å². The van der Waals surface area contributed by atoms with E-state index < -0.39 is 0 Å². The monoisotopic (exact) mass is 285 g/mol. The number of nitrogens with one attached hydrogen (secondary N) is 1. The largest absolute Gasteiger partial charge is 0.335 e. The van der Waals surface area contributed by atoms with Crippen LogP contribution < -0.4 is 5.32 Å². The van der Waals surface area contributed by atoms with Gasteiger partial charge in [-0.1, -0.05) is 24.6 Å². The molecule has 0 radical (unpaired) electrons. The molecule has 3 heteroatoms. The lowest BCUT2D eigenvalue weighted by atomic mass is 9.99. The van der Waals surface area contributed by atoms with E-state index in [-0.39, 0.29) is 0 Å². The van der Waals surface area contributed by atoms with Crippen molar-refractivity contribution in [3.63, 3.8) is 0 Å². The number of nitrogens with zero attached hydrogens (tertiary/aromatic N) is 2. The Hall–Kier alpha value is -1.61. The molecule has 0 aliphatic rings. The van der Waals surface area contributed by atoms with Gasteiger partial charge in [0.15, 0.2) is 0 Å². The summed E-state index contributed by atoms with van der Waals surface area (Å²) in [7, 11) is 0. The number of aromatic nitrogens is 2. The molecule has 1 aromatic heterocycles. The first kappa shape index (κ1) is 15.8. The second-order valence-corrected chi connectivity index (χ2v) is 6.24. The molecule has 0 spiro atoms. The third-order valence-corrected chi connectivity index (χ3v) is 4.07. The lowest BCUT2D eigenvalue weighted by Crippen LogP contribution is -2.24. The van der Waals surface area contributed by atoms with Gasteiger partial charge in [0.1, 0.15) is 5.82 Å². The molecule has 0 bridgehead atoms. The van der Waals surface area contributed by atoms with Crippen LogP contribution in [0.1, 0.15) is 35.0 Å². The van der Waals surface area contributed by atoms with Crippen molar-refractivity contribution in [1.82, 2.24) is 14.9 Å². The summed E-state index contributed by atoms with van der Waals surface area (Å²) in [5, 5.41) is 3.60. The summed E-state index contributed by atoms with van der Waals surface area (Å²) in [4.78, 5) is 4.27. The molecule has 1 heterocycles. The number of hydrogen-bond acceptors (Lipinski definition) is 2. The summed E-state index contributed by atoms with van der Waals surface area (Å²) in [6.45, 7) is 13.9. The van der Waals surface area contributed by atoms with Crippen molar-refractivity contribution in [2.75, 3.05) is 6.54 Å². The minimum Gasteiger partial charge on any atom is -0.335 e. The highest BCUT2D eigenvalue weighted by Gasteiger charge is 2.07. The minimum absolute atomic E-state index is 0.587. The van der Waals surface area contributed by atoms with Gasteiger partial charge in [0.25, 0.3) is 0 Å². The van der Waals surface area contributed by atoms with Crippen LogP contribution in [0.4, 0.5) is 0 Å². The Kier molecular flexibility index (Phi) is 5.18. The molecule has 0 fully saturated rings. The van der Waals surface area contributed by atoms with E-state index in [9.17, 15) is 0 Å². The van der Waals surface area contributed by atoms with E-state index in [1.54, 1.807) is 0 Å².